The number of allylic oxidation sites excluding steroid dienone is 3. The van der Waals surface area contributed by atoms with Crippen molar-refractivity contribution in [3.05, 3.63) is 23.8 Å². The van der Waals surface area contributed by atoms with Gasteiger partial charge in [0.15, 0.2) is 0 Å². The zero-order chi connectivity index (χ0) is 16.8. The van der Waals surface area contributed by atoms with E-state index in [0.717, 1.165) is 30.9 Å². The monoisotopic (exact) mass is 319 g/mol. The lowest BCUT2D eigenvalue weighted by Crippen LogP contribution is -2.25. The summed E-state index contributed by atoms with van der Waals surface area (Å²) in [6.07, 6.45) is 21.6. The smallest absolute Gasteiger partial charge is 0.247 e. The minimum Gasteiger partial charge on any atom is -0.352 e. The second kappa shape index (κ2) is 13.4. The first-order chi connectivity index (χ1) is 11.2. The molecule has 0 radical (unpaired) electrons. The standard InChI is InChI=1S/C21H37NO/c1-19(2)15-11-9-7-5-3-4-6-8-10-14-18-22-21(23)20-16-12-13-17-20/h12-13,16,19H,3-11,14-15,17-18H2,1-2H3,(H,22,23). The minimum absolute atomic E-state index is 0.118. The molecule has 2 heteroatoms. The molecule has 0 unspecified atom stereocenters. The van der Waals surface area contributed by atoms with Gasteiger partial charge in [0.25, 0.3) is 0 Å². The molecule has 1 aliphatic rings. The van der Waals surface area contributed by atoms with E-state index in [4.69, 9.17) is 0 Å². The summed E-state index contributed by atoms with van der Waals surface area (Å²) < 4.78 is 0. The first-order valence-electron chi connectivity index (χ1n) is 9.84. The van der Waals surface area contributed by atoms with Gasteiger partial charge in [0.05, 0.1) is 0 Å². The van der Waals surface area contributed by atoms with Crippen LogP contribution in [0.5, 0.6) is 0 Å². The Hall–Kier alpha value is -1.05. The molecular weight excluding hydrogens is 282 g/mol. The van der Waals surface area contributed by atoms with Crippen molar-refractivity contribution in [2.45, 2.75) is 90.9 Å². The highest BCUT2D eigenvalue weighted by molar-refractivity contribution is 5.94. The SMILES string of the molecule is CC(C)CCCCCCCCCCCCNC(=O)C1=CC=CC1. The summed E-state index contributed by atoms with van der Waals surface area (Å²) in [6, 6.07) is 0. The van der Waals surface area contributed by atoms with Crippen molar-refractivity contribution in [2.75, 3.05) is 6.54 Å². The first-order valence-corrected chi connectivity index (χ1v) is 9.84. The Kier molecular flexibility index (Phi) is 11.6. The van der Waals surface area contributed by atoms with Crippen LogP contribution in [0.1, 0.15) is 90.9 Å². The van der Waals surface area contributed by atoms with Crippen LogP contribution in [0, 0.1) is 5.92 Å². The quantitative estimate of drug-likeness (QED) is 0.395. The van der Waals surface area contributed by atoms with Crippen LogP contribution >= 0.6 is 0 Å². The third kappa shape index (κ3) is 11.2. The summed E-state index contributed by atoms with van der Waals surface area (Å²) in [6.45, 7) is 5.45. The highest BCUT2D eigenvalue weighted by atomic mass is 16.1. The van der Waals surface area contributed by atoms with Gasteiger partial charge in [0, 0.05) is 12.1 Å². The minimum atomic E-state index is 0.118. The van der Waals surface area contributed by atoms with Gasteiger partial charge in [0.1, 0.15) is 0 Å². The molecule has 1 amide bonds. The average Bonchev–Trinajstić information content (AvgIpc) is 3.05. The molecule has 0 heterocycles. The Labute approximate surface area is 143 Å². The average molecular weight is 320 g/mol. The number of amides is 1. The van der Waals surface area contributed by atoms with Gasteiger partial charge in [-0.3, -0.25) is 4.79 Å². The normalized spacial score (nSPS) is 13.6. The van der Waals surface area contributed by atoms with Crippen LogP contribution < -0.4 is 5.32 Å². The van der Waals surface area contributed by atoms with Crippen LogP contribution in [-0.4, -0.2) is 12.5 Å². The molecule has 2 nitrogen and oxygen atoms in total. The molecule has 0 saturated carbocycles. The summed E-state index contributed by atoms with van der Waals surface area (Å²) >= 11 is 0. The van der Waals surface area contributed by atoms with E-state index >= 15 is 0 Å². The molecule has 1 rings (SSSR count). The summed E-state index contributed by atoms with van der Waals surface area (Å²) in [5.41, 5.74) is 0.901. The highest BCUT2D eigenvalue weighted by Gasteiger charge is 2.08. The molecule has 0 aromatic rings. The van der Waals surface area contributed by atoms with Gasteiger partial charge in [-0.2, -0.15) is 0 Å². The predicted molar refractivity (Wildman–Crippen MR) is 100 cm³/mol. The molecule has 0 atom stereocenters. The summed E-state index contributed by atoms with van der Waals surface area (Å²) in [5, 5.41) is 3.02. The van der Waals surface area contributed by atoms with Crippen LogP contribution in [0.15, 0.2) is 23.8 Å². The van der Waals surface area contributed by atoms with Crippen LogP contribution in [0.3, 0.4) is 0 Å². The van der Waals surface area contributed by atoms with Gasteiger partial charge >= 0.3 is 0 Å². The molecule has 0 aromatic heterocycles. The number of rotatable bonds is 14. The number of nitrogens with one attached hydrogen (secondary N) is 1. The molecule has 0 spiro atoms. The number of hydrogen-bond donors (Lipinski definition) is 1. The van der Waals surface area contributed by atoms with Crippen molar-refractivity contribution in [1.29, 1.82) is 0 Å². The van der Waals surface area contributed by atoms with E-state index in [0.29, 0.717) is 0 Å². The molecule has 1 aliphatic carbocycles. The van der Waals surface area contributed by atoms with Crippen molar-refractivity contribution in [2.24, 2.45) is 5.92 Å². The van der Waals surface area contributed by atoms with Gasteiger partial charge in [-0.25, -0.2) is 0 Å². The Morgan fingerprint density at radius 2 is 1.52 bits per heavy atom. The van der Waals surface area contributed by atoms with Gasteiger partial charge in [-0.1, -0.05) is 96.3 Å². The maximum Gasteiger partial charge on any atom is 0.247 e. The molecular formula is C21H37NO. The van der Waals surface area contributed by atoms with Gasteiger partial charge in [-0.15, -0.1) is 0 Å². The molecule has 0 aromatic carbocycles. The third-order valence-corrected chi connectivity index (χ3v) is 4.56. The zero-order valence-electron chi connectivity index (χ0n) is 15.4. The van der Waals surface area contributed by atoms with Crippen LogP contribution in [0.2, 0.25) is 0 Å². The molecule has 0 bridgehead atoms. The van der Waals surface area contributed by atoms with E-state index in [-0.39, 0.29) is 5.91 Å². The van der Waals surface area contributed by atoms with E-state index in [1.807, 2.05) is 18.2 Å². The molecule has 23 heavy (non-hydrogen) atoms. The van der Waals surface area contributed by atoms with E-state index in [2.05, 4.69) is 19.2 Å². The number of unbranched alkanes of at least 4 members (excludes halogenated alkanes) is 9. The van der Waals surface area contributed by atoms with E-state index in [1.54, 1.807) is 0 Å². The van der Waals surface area contributed by atoms with Gasteiger partial charge in [-0.05, 0) is 18.8 Å². The zero-order valence-corrected chi connectivity index (χ0v) is 15.4. The summed E-state index contributed by atoms with van der Waals surface area (Å²) in [7, 11) is 0. The lowest BCUT2D eigenvalue weighted by Gasteiger charge is -2.06. The molecule has 132 valence electrons. The van der Waals surface area contributed by atoms with Crippen molar-refractivity contribution in [1.82, 2.24) is 5.32 Å². The van der Waals surface area contributed by atoms with Crippen molar-refractivity contribution >= 4 is 5.91 Å². The van der Waals surface area contributed by atoms with E-state index in [1.165, 1.54) is 64.2 Å². The molecule has 1 N–H and O–H groups in total. The molecule has 0 aliphatic heterocycles. The topological polar surface area (TPSA) is 29.1 Å². The maximum atomic E-state index is 11.7. The maximum absolute atomic E-state index is 11.7. The Bertz CT molecular complexity index is 368. The second-order valence-corrected chi connectivity index (χ2v) is 7.30. The summed E-state index contributed by atoms with van der Waals surface area (Å²) in [5.74, 6) is 0.985. The number of carbonyl (C=O) groups is 1. The summed E-state index contributed by atoms with van der Waals surface area (Å²) in [4.78, 5) is 11.7. The van der Waals surface area contributed by atoms with Gasteiger partial charge in [0.2, 0.25) is 5.91 Å². The fourth-order valence-corrected chi connectivity index (χ4v) is 3.02. The Balaban J connectivity index is 1.75. The third-order valence-electron chi connectivity index (χ3n) is 4.56. The molecule has 0 saturated heterocycles. The van der Waals surface area contributed by atoms with Crippen LogP contribution in [-0.2, 0) is 4.79 Å². The lowest BCUT2D eigenvalue weighted by atomic mass is 10.0. The van der Waals surface area contributed by atoms with Crippen LogP contribution in [0.25, 0.3) is 0 Å². The van der Waals surface area contributed by atoms with Crippen LogP contribution in [0.4, 0.5) is 0 Å². The van der Waals surface area contributed by atoms with Crippen molar-refractivity contribution < 1.29 is 4.79 Å². The highest BCUT2D eigenvalue weighted by Crippen LogP contribution is 2.13. The number of hydrogen-bond acceptors (Lipinski definition) is 1. The lowest BCUT2D eigenvalue weighted by molar-refractivity contribution is -0.117. The van der Waals surface area contributed by atoms with E-state index < -0.39 is 0 Å². The Morgan fingerprint density at radius 1 is 0.957 bits per heavy atom. The Morgan fingerprint density at radius 3 is 2.04 bits per heavy atom. The number of carbonyl (C=O) groups excluding carboxylic acids is 1. The predicted octanol–water partition coefficient (Wildman–Crippen LogP) is 5.94. The fourth-order valence-electron chi connectivity index (χ4n) is 3.02. The largest absolute Gasteiger partial charge is 0.352 e. The van der Waals surface area contributed by atoms with E-state index in [9.17, 15) is 4.79 Å². The fraction of sp³-hybridized carbons (Fsp3) is 0.762. The van der Waals surface area contributed by atoms with Crippen molar-refractivity contribution in [3.8, 4) is 0 Å². The molecule has 0 fully saturated rings. The second-order valence-electron chi connectivity index (χ2n) is 7.30. The van der Waals surface area contributed by atoms with Crippen molar-refractivity contribution in [3.63, 3.8) is 0 Å². The first kappa shape index (κ1) is 20.0. The van der Waals surface area contributed by atoms with Gasteiger partial charge < -0.3 is 5.32 Å².